The van der Waals surface area contributed by atoms with Gasteiger partial charge in [0.25, 0.3) is 5.91 Å². The van der Waals surface area contributed by atoms with E-state index < -0.39 is 0 Å². The Morgan fingerprint density at radius 3 is 2.62 bits per heavy atom. The second-order valence-corrected chi connectivity index (χ2v) is 5.52. The van der Waals surface area contributed by atoms with Crippen molar-refractivity contribution in [2.75, 3.05) is 13.7 Å². The van der Waals surface area contributed by atoms with Crippen molar-refractivity contribution in [3.05, 3.63) is 77.6 Å². The quantitative estimate of drug-likeness (QED) is 0.772. The topological polar surface area (TPSA) is 38.3 Å². The van der Waals surface area contributed by atoms with Crippen LogP contribution in [0.1, 0.15) is 15.9 Å². The van der Waals surface area contributed by atoms with Crippen LogP contribution in [0, 0.1) is 5.82 Å². The maximum absolute atomic E-state index is 12.9. The maximum Gasteiger partial charge on any atom is 0.251 e. The van der Waals surface area contributed by atoms with E-state index in [0.29, 0.717) is 18.5 Å². The van der Waals surface area contributed by atoms with E-state index in [-0.39, 0.29) is 11.7 Å². The minimum Gasteiger partial charge on any atom is -0.497 e. The van der Waals surface area contributed by atoms with Gasteiger partial charge in [-0.1, -0.05) is 24.3 Å². The Morgan fingerprint density at radius 1 is 1.08 bits per heavy atom. The highest BCUT2D eigenvalue weighted by molar-refractivity contribution is 5.94. The monoisotopic (exact) mass is 323 g/mol. The number of benzene rings is 3. The molecule has 3 rings (SSSR count). The third kappa shape index (κ3) is 3.54. The van der Waals surface area contributed by atoms with Gasteiger partial charge in [-0.15, -0.1) is 0 Å². The molecule has 0 atom stereocenters. The molecular weight excluding hydrogens is 305 g/mol. The molecule has 3 aromatic carbocycles. The van der Waals surface area contributed by atoms with Crippen molar-refractivity contribution in [3.8, 4) is 5.75 Å². The van der Waals surface area contributed by atoms with Gasteiger partial charge < -0.3 is 10.1 Å². The average molecular weight is 323 g/mol. The van der Waals surface area contributed by atoms with Gasteiger partial charge in [0.2, 0.25) is 0 Å². The minimum atomic E-state index is -0.351. The predicted molar refractivity (Wildman–Crippen MR) is 92.9 cm³/mol. The largest absolute Gasteiger partial charge is 0.497 e. The SMILES string of the molecule is COc1ccc2cccc(CCNC(=O)c3ccc(F)cc3)c2c1. The summed E-state index contributed by atoms with van der Waals surface area (Å²) in [7, 11) is 1.65. The molecule has 122 valence electrons. The molecule has 0 heterocycles. The van der Waals surface area contributed by atoms with Crippen molar-refractivity contribution in [3.63, 3.8) is 0 Å². The van der Waals surface area contributed by atoms with Gasteiger partial charge >= 0.3 is 0 Å². The number of hydrogen-bond donors (Lipinski definition) is 1. The summed E-state index contributed by atoms with van der Waals surface area (Å²) in [5, 5.41) is 5.12. The molecule has 0 aliphatic heterocycles. The third-order valence-corrected chi connectivity index (χ3v) is 3.97. The zero-order valence-electron chi connectivity index (χ0n) is 13.4. The fourth-order valence-electron chi connectivity index (χ4n) is 2.68. The number of halogens is 1. The van der Waals surface area contributed by atoms with E-state index in [1.807, 2.05) is 30.3 Å². The Hall–Kier alpha value is -2.88. The normalized spacial score (nSPS) is 10.6. The van der Waals surface area contributed by atoms with E-state index in [9.17, 15) is 9.18 Å². The molecule has 0 saturated heterocycles. The fourth-order valence-corrected chi connectivity index (χ4v) is 2.68. The number of nitrogens with one attached hydrogen (secondary N) is 1. The summed E-state index contributed by atoms with van der Waals surface area (Å²) in [5.74, 6) is 0.259. The minimum absolute atomic E-state index is 0.201. The predicted octanol–water partition coefficient (Wildman–Crippen LogP) is 3.96. The second kappa shape index (κ2) is 7.13. The lowest BCUT2D eigenvalue weighted by atomic mass is 10.0. The molecule has 0 radical (unpaired) electrons. The summed E-state index contributed by atoms with van der Waals surface area (Å²) in [5.41, 5.74) is 1.60. The summed E-state index contributed by atoms with van der Waals surface area (Å²) in [4.78, 5) is 12.1. The lowest BCUT2D eigenvalue weighted by Crippen LogP contribution is -2.25. The van der Waals surface area contributed by atoms with E-state index in [1.54, 1.807) is 7.11 Å². The van der Waals surface area contributed by atoms with Gasteiger partial charge in [0.1, 0.15) is 11.6 Å². The molecule has 0 saturated carbocycles. The lowest BCUT2D eigenvalue weighted by Gasteiger charge is -2.09. The van der Waals surface area contributed by atoms with Gasteiger partial charge in [0, 0.05) is 12.1 Å². The van der Waals surface area contributed by atoms with Crippen LogP contribution in [0.15, 0.2) is 60.7 Å². The van der Waals surface area contributed by atoms with Gasteiger partial charge in [-0.2, -0.15) is 0 Å². The molecule has 4 heteroatoms. The number of amides is 1. The van der Waals surface area contributed by atoms with E-state index in [2.05, 4.69) is 11.4 Å². The number of ether oxygens (including phenoxy) is 1. The first-order valence-electron chi connectivity index (χ1n) is 7.77. The van der Waals surface area contributed by atoms with Crippen LogP contribution in [0.4, 0.5) is 4.39 Å². The first-order valence-corrected chi connectivity index (χ1v) is 7.77. The van der Waals surface area contributed by atoms with Crippen LogP contribution in [0.2, 0.25) is 0 Å². The number of rotatable bonds is 5. The Morgan fingerprint density at radius 2 is 1.88 bits per heavy atom. The Labute approximate surface area is 140 Å². The van der Waals surface area contributed by atoms with Crippen LogP contribution in [0.5, 0.6) is 5.75 Å². The smallest absolute Gasteiger partial charge is 0.251 e. The number of carbonyl (C=O) groups is 1. The molecule has 1 N–H and O–H groups in total. The van der Waals surface area contributed by atoms with E-state index in [4.69, 9.17) is 4.74 Å². The first kappa shape index (κ1) is 16.0. The summed E-state index contributed by atoms with van der Waals surface area (Å²) < 4.78 is 18.2. The van der Waals surface area contributed by atoms with Crippen LogP contribution in [0.3, 0.4) is 0 Å². The molecule has 0 bridgehead atoms. The second-order valence-electron chi connectivity index (χ2n) is 5.52. The lowest BCUT2D eigenvalue weighted by molar-refractivity contribution is 0.0954. The molecular formula is C20H18FNO2. The number of methoxy groups -OCH3 is 1. The number of hydrogen-bond acceptors (Lipinski definition) is 2. The van der Waals surface area contributed by atoms with Gasteiger partial charge in [-0.3, -0.25) is 4.79 Å². The van der Waals surface area contributed by atoms with Crippen LogP contribution >= 0.6 is 0 Å². The molecule has 3 aromatic rings. The molecule has 24 heavy (non-hydrogen) atoms. The van der Waals surface area contributed by atoms with Crippen LogP contribution < -0.4 is 10.1 Å². The average Bonchev–Trinajstić information content (AvgIpc) is 2.62. The zero-order chi connectivity index (χ0) is 16.9. The summed E-state index contributed by atoms with van der Waals surface area (Å²) in [6.07, 6.45) is 0.706. The molecule has 0 aromatic heterocycles. The van der Waals surface area contributed by atoms with Crippen molar-refractivity contribution in [1.29, 1.82) is 0 Å². The highest BCUT2D eigenvalue weighted by atomic mass is 19.1. The molecule has 0 fully saturated rings. The van der Waals surface area contributed by atoms with Crippen molar-refractivity contribution in [2.45, 2.75) is 6.42 Å². The fraction of sp³-hybridized carbons (Fsp3) is 0.150. The molecule has 0 aliphatic rings. The summed E-state index contributed by atoms with van der Waals surface area (Å²) in [6, 6.07) is 17.6. The third-order valence-electron chi connectivity index (χ3n) is 3.97. The molecule has 0 spiro atoms. The van der Waals surface area contributed by atoms with Crippen molar-refractivity contribution >= 4 is 16.7 Å². The Balaban J connectivity index is 1.69. The Kier molecular flexibility index (Phi) is 4.75. The van der Waals surface area contributed by atoms with E-state index in [1.165, 1.54) is 24.3 Å². The number of carbonyl (C=O) groups excluding carboxylic acids is 1. The zero-order valence-corrected chi connectivity index (χ0v) is 13.4. The van der Waals surface area contributed by atoms with E-state index >= 15 is 0 Å². The highest BCUT2D eigenvalue weighted by Gasteiger charge is 2.06. The van der Waals surface area contributed by atoms with Gasteiger partial charge in [-0.25, -0.2) is 4.39 Å². The van der Waals surface area contributed by atoms with Gasteiger partial charge in [0.05, 0.1) is 7.11 Å². The van der Waals surface area contributed by atoms with E-state index in [0.717, 1.165) is 22.1 Å². The maximum atomic E-state index is 12.9. The summed E-state index contributed by atoms with van der Waals surface area (Å²) in [6.45, 7) is 0.506. The highest BCUT2D eigenvalue weighted by Crippen LogP contribution is 2.24. The summed E-state index contributed by atoms with van der Waals surface area (Å²) >= 11 is 0. The van der Waals surface area contributed by atoms with Crippen molar-refractivity contribution < 1.29 is 13.9 Å². The van der Waals surface area contributed by atoms with Gasteiger partial charge in [-0.05, 0) is 59.2 Å². The van der Waals surface area contributed by atoms with Crippen LogP contribution in [-0.2, 0) is 6.42 Å². The Bertz CT molecular complexity index is 859. The standard InChI is InChI=1S/C20H18FNO2/c1-24-18-10-7-14-3-2-4-15(19(14)13-18)11-12-22-20(23)16-5-8-17(21)9-6-16/h2-10,13H,11-12H2,1H3,(H,22,23). The molecule has 0 aliphatic carbocycles. The molecule has 3 nitrogen and oxygen atoms in total. The van der Waals surface area contributed by atoms with Crippen molar-refractivity contribution in [2.24, 2.45) is 0 Å². The number of fused-ring (bicyclic) bond motifs is 1. The van der Waals surface area contributed by atoms with Crippen LogP contribution in [0.25, 0.3) is 10.8 Å². The molecule has 1 amide bonds. The first-order chi connectivity index (χ1) is 11.7. The van der Waals surface area contributed by atoms with Crippen molar-refractivity contribution in [1.82, 2.24) is 5.32 Å². The van der Waals surface area contributed by atoms with Crippen LogP contribution in [-0.4, -0.2) is 19.6 Å². The molecule has 0 unspecified atom stereocenters. The van der Waals surface area contributed by atoms with Gasteiger partial charge in [0.15, 0.2) is 0 Å².